The van der Waals surface area contributed by atoms with Crippen molar-refractivity contribution in [2.24, 2.45) is 5.92 Å². The number of nitrogens with one attached hydrogen (secondary N) is 4. The third kappa shape index (κ3) is 6.72. The van der Waals surface area contributed by atoms with E-state index in [1.54, 1.807) is 6.92 Å². The summed E-state index contributed by atoms with van der Waals surface area (Å²) in [4.78, 5) is 39.7. The Kier molecular flexibility index (Phi) is 9.83. The van der Waals surface area contributed by atoms with Gasteiger partial charge in [0, 0.05) is 25.6 Å². The molecule has 6 N–H and O–H groups in total. The van der Waals surface area contributed by atoms with Gasteiger partial charge in [-0.25, -0.2) is 15.0 Å². The number of hydrogen-bond acceptors (Lipinski definition) is 10. The van der Waals surface area contributed by atoms with Crippen LogP contribution in [0.4, 0.5) is 5.82 Å². The highest BCUT2D eigenvalue weighted by molar-refractivity contribution is 5.94. The Bertz CT molecular complexity index is 1590. The first kappa shape index (κ1) is 31.5. The first-order valence-corrected chi connectivity index (χ1v) is 15.8. The van der Waals surface area contributed by atoms with E-state index in [-0.39, 0.29) is 17.4 Å². The molecule has 6 rings (SSSR count). The van der Waals surface area contributed by atoms with Gasteiger partial charge in [-0.15, -0.1) is 0 Å². The molecule has 2 amide bonds. The molecule has 13 nitrogen and oxygen atoms in total. The van der Waals surface area contributed by atoms with Crippen LogP contribution in [0.15, 0.2) is 67.0 Å². The smallest absolute Gasteiger partial charge is 0.289 e. The summed E-state index contributed by atoms with van der Waals surface area (Å²) in [7, 11) is 0. The SMILES string of the molecule is CCNC(=O)C1OC(n2cnc3c(NCC(c4ccccc4)c4ccccc4)nc(C(=O)NCC4CCNCC4)nc32)C(O)C1O. The zero-order chi connectivity index (χ0) is 32.0. The zero-order valence-corrected chi connectivity index (χ0v) is 25.7. The summed E-state index contributed by atoms with van der Waals surface area (Å²) in [6.45, 7) is 4.84. The van der Waals surface area contributed by atoms with Crippen LogP contribution < -0.4 is 21.3 Å². The van der Waals surface area contributed by atoms with Crippen LogP contribution in [0.2, 0.25) is 0 Å². The third-order valence-electron chi connectivity index (χ3n) is 8.63. The Balaban J connectivity index is 1.34. The topological polar surface area (TPSA) is 176 Å². The van der Waals surface area contributed by atoms with Crippen LogP contribution in [0.25, 0.3) is 11.2 Å². The summed E-state index contributed by atoms with van der Waals surface area (Å²) in [6.07, 6.45) is -2.05. The van der Waals surface area contributed by atoms with Crippen LogP contribution in [0.5, 0.6) is 0 Å². The van der Waals surface area contributed by atoms with Crippen LogP contribution in [0.1, 0.15) is 53.7 Å². The molecule has 4 unspecified atom stereocenters. The van der Waals surface area contributed by atoms with E-state index in [2.05, 4.69) is 60.5 Å². The molecule has 0 bridgehead atoms. The summed E-state index contributed by atoms with van der Waals surface area (Å²) in [5, 5.41) is 34.0. The van der Waals surface area contributed by atoms with Crippen molar-refractivity contribution in [3.63, 3.8) is 0 Å². The van der Waals surface area contributed by atoms with Gasteiger partial charge in [0.25, 0.3) is 11.8 Å². The second-order valence-electron chi connectivity index (χ2n) is 11.7. The average Bonchev–Trinajstić information content (AvgIpc) is 3.65. The minimum Gasteiger partial charge on any atom is -0.387 e. The third-order valence-corrected chi connectivity index (χ3v) is 8.63. The fourth-order valence-corrected chi connectivity index (χ4v) is 6.11. The van der Waals surface area contributed by atoms with Crippen molar-refractivity contribution in [2.75, 3.05) is 38.0 Å². The molecule has 2 aromatic carbocycles. The van der Waals surface area contributed by atoms with E-state index >= 15 is 0 Å². The molecule has 2 aliphatic heterocycles. The average molecular weight is 629 g/mol. The Morgan fingerprint density at radius 3 is 2.30 bits per heavy atom. The molecule has 242 valence electrons. The standard InChI is InChI=1S/C33H40N8O5/c1-2-35-31(44)27-25(42)26(43)33(46-27)41-19-38-24-28(36-18-23(21-9-5-3-6-10-21)22-11-7-4-8-12-22)39-29(40-30(24)41)32(45)37-17-20-13-15-34-16-14-20/h3-12,19-20,23,25-27,33-34,42-43H,2,13-18H2,1H3,(H,35,44)(H,37,45)(H,36,39,40). The van der Waals surface area contributed by atoms with Crippen LogP contribution in [0, 0.1) is 5.92 Å². The van der Waals surface area contributed by atoms with Crippen molar-refractivity contribution in [2.45, 2.75) is 50.2 Å². The van der Waals surface area contributed by atoms with E-state index < -0.39 is 36.4 Å². The molecule has 0 aliphatic carbocycles. The van der Waals surface area contributed by atoms with Crippen molar-refractivity contribution >= 4 is 28.8 Å². The number of carbonyl (C=O) groups excluding carboxylic acids is 2. The van der Waals surface area contributed by atoms with Gasteiger partial charge in [-0.2, -0.15) is 0 Å². The molecule has 2 aliphatic rings. The number of aliphatic hydroxyl groups excluding tert-OH is 2. The van der Waals surface area contributed by atoms with Gasteiger partial charge in [-0.3, -0.25) is 14.2 Å². The molecule has 2 saturated heterocycles. The number of anilines is 1. The highest BCUT2D eigenvalue weighted by Crippen LogP contribution is 2.33. The van der Waals surface area contributed by atoms with E-state index in [4.69, 9.17) is 4.74 Å². The number of benzene rings is 2. The second kappa shape index (κ2) is 14.3. The molecule has 0 saturated carbocycles. The van der Waals surface area contributed by atoms with Gasteiger partial charge >= 0.3 is 0 Å². The summed E-state index contributed by atoms with van der Waals surface area (Å²) >= 11 is 0. The quantitative estimate of drug-likeness (QED) is 0.143. The molecule has 2 aromatic heterocycles. The predicted octanol–water partition coefficient (Wildman–Crippen LogP) is 1.56. The minimum absolute atomic E-state index is 0.0420. The highest BCUT2D eigenvalue weighted by atomic mass is 16.6. The molecule has 4 atom stereocenters. The highest BCUT2D eigenvalue weighted by Gasteiger charge is 2.47. The van der Waals surface area contributed by atoms with Gasteiger partial charge in [0.2, 0.25) is 5.82 Å². The number of hydrogen-bond donors (Lipinski definition) is 6. The van der Waals surface area contributed by atoms with E-state index in [1.807, 2.05) is 36.4 Å². The maximum atomic E-state index is 13.5. The molecule has 0 radical (unpaired) electrons. The lowest BCUT2D eigenvalue weighted by molar-refractivity contribution is -0.137. The van der Waals surface area contributed by atoms with Crippen LogP contribution >= 0.6 is 0 Å². The number of aliphatic hydroxyl groups is 2. The first-order valence-electron chi connectivity index (χ1n) is 15.8. The summed E-state index contributed by atoms with van der Waals surface area (Å²) < 4.78 is 7.29. The van der Waals surface area contributed by atoms with E-state index in [1.165, 1.54) is 10.9 Å². The first-order chi connectivity index (χ1) is 22.4. The summed E-state index contributed by atoms with van der Waals surface area (Å²) in [6, 6.07) is 20.2. The van der Waals surface area contributed by atoms with Crippen molar-refractivity contribution in [1.29, 1.82) is 0 Å². The molecule has 4 aromatic rings. The number of carbonyl (C=O) groups is 2. The Labute approximate surface area is 266 Å². The number of amides is 2. The van der Waals surface area contributed by atoms with Gasteiger partial charge in [0.05, 0.1) is 6.33 Å². The lowest BCUT2D eigenvalue weighted by Crippen LogP contribution is -2.42. The number of piperidine rings is 1. The van der Waals surface area contributed by atoms with Gasteiger partial charge in [-0.1, -0.05) is 60.7 Å². The zero-order valence-electron chi connectivity index (χ0n) is 25.7. The molecule has 13 heteroatoms. The predicted molar refractivity (Wildman–Crippen MR) is 171 cm³/mol. The minimum atomic E-state index is -1.47. The molecule has 0 spiro atoms. The number of fused-ring (bicyclic) bond motifs is 1. The van der Waals surface area contributed by atoms with Gasteiger partial charge < -0.3 is 36.2 Å². The number of ether oxygens (including phenoxy) is 1. The lowest BCUT2D eigenvalue weighted by Gasteiger charge is -2.22. The fraction of sp³-hybridized carbons (Fsp3) is 0.424. The monoisotopic (exact) mass is 628 g/mol. The largest absolute Gasteiger partial charge is 0.387 e. The lowest BCUT2D eigenvalue weighted by atomic mass is 9.91. The molecule has 4 heterocycles. The normalized spacial score (nSPS) is 21.8. The van der Waals surface area contributed by atoms with E-state index in [0.29, 0.717) is 36.9 Å². The van der Waals surface area contributed by atoms with Gasteiger partial charge in [0.1, 0.15) is 12.2 Å². The Morgan fingerprint density at radius 2 is 1.65 bits per heavy atom. The van der Waals surface area contributed by atoms with Gasteiger partial charge in [-0.05, 0) is 49.9 Å². The van der Waals surface area contributed by atoms with Crippen molar-refractivity contribution in [3.05, 3.63) is 83.9 Å². The second-order valence-corrected chi connectivity index (χ2v) is 11.7. The molecule has 2 fully saturated rings. The number of nitrogens with zero attached hydrogens (tertiary/aromatic N) is 4. The van der Waals surface area contributed by atoms with Crippen molar-refractivity contribution in [3.8, 4) is 0 Å². The summed E-state index contributed by atoms with van der Waals surface area (Å²) in [5.74, 6) is -0.407. The summed E-state index contributed by atoms with van der Waals surface area (Å²) in [5.41, 5.74) is 2.77. The van der Waals surface area contributed by atoms with E-state index in [9.17, 15) is 19.8 Å². The maximum absolute atomic E-state index is 13.5. The number of rotatable bonds is 11. The van der Waals surface area contributed by atoms with Crippen LogP contribution in [-0.2, 0) is 9.53 Å². The number of likely N-dealkylation sites (N-methyl/N-ethyl adjacent to an activating group) is 1. The molecular formula is C33H40N8O5. The van der Waals surface area contributed by atoms with E-state index in [0.717, 1.165) is 37.1 Å². The maximum Gasteiger partial charge on any atom is 0.289 e. The molecular weight excluding hydrogens is 588 g/mol. The Hall–Kier alpha value is -4.43. The number of aromatic nitrogens is 4. The number of imidazole rings is 1. The van der Waals surface area contributed by atoms with Crippen molar-refractivity contribution < 1.29 is 24.5 Å². The van der Waals surface area contributed by atoms with Crippen LogP contribution in [0.3, 0.4) is 0 Å². The Morgan fingerprint density at radius 1 is 0.978 bits per heavy atom. The van der Waals surface area contributed by atoms with Gasteiger partial charge in [0.15, 0.2) is 29.3 Å². The fourth-order valence-electron chi connectivity index (χ4n) is 6.11. The molecule has 46 heavy (non-hydrogen) atoms. The van der Waals surface area contributed by atoms with Crippen LogP contribution in [-0.4, -0.2) is 92.6 Å². The van der Waals surface area contributed by atoms with Crippen molar-refractivity contribution in [1.82, 2.24) is 35.5 Å².